The Balaban J connectivity index is 3.08. The van der Waals surface area contributed by atoms with Crippen molar-refractivity contribution in [2.45, 2.75) is 136 Å². The van der Waals surface area contributed by atoms with Gasteiger partial charge in [0.15, 0.2) is 0 Å². The van der Waals surface area contributed by atoms with Crippen LogP contribution in [0.15, 0.2) is 12.7 Å². The van der Waals surface area contributed by atoms with Gasteiger partial charge in [-0.15, -0.1) is 6.58 Å². The first-order valence-electron chi connectivity index (χ1n) is 11.3. The minimum Gasteiger partial charge on any atom is -0.102 e. The van der Waals surface area contributed by atoms with Crippen molar-refractivity contribution in [1.82, 2.24) is 0 Å². The molecule has 0 aliphatic carbocycles. The van der Waals surface area contributed by atoms with Crippen molar-refractivity contribution in [2.75, 3.05) is 0 Å². The first kappa shape index (κ1) is 23.7. The highest BCUT2D eigenvalue weighted by Gasteiger charge is 2.02. The molecule has 0 aliphatic rings. The Labute approximate surface area is 154 Å². The molecule has 0 aromatic carbocycles. The van der Waals surface area contributed by atoms with Crippen LogP contribution in [0.5, 0.6) is 0 Å². The van der Waals surface area contributed by atoms with Crippen LogP contribution in [-0.2, 0) is 0 Å². The highest BCUT2D eigenvalue weighted by Crippen LogP contribution is 2.19. The van der Waals surface area contributed by atoms with Gasteiger partial charge in [-0.25, -0.2) is 0 Å². The van der Waals surface area contributed by atoms with E-state index in [2.05, 4.69) is 26.5 Å². The van der Waals surface area contributed by atoms with E-state index in [0.717, 1.165) is 0 Å². The summed E-state index contributed by atoms with van der Waals surface area (Å²) in [4.78, 5) is 0. The van der Waals surface area contributed by atoms with Crippen LogP contribution in [0.1, 0.15) is 136 Å². The van der Waals surface area contributed by atoms with Crippen LogP contribution in [0.2, 0.25) is 0 Å². The SMILES string of the molecule is C=C[C](CCC)CCCCCCCCCCCCCCCCCC. The molecular weight excluding hydrogens is 288 g/mol. The third kappa shape index (κ3) is 18.1. The van der Waals surface area contributed by atoms with Gasteiger partial charge < -0.3 is 0 Å². The Morgan fingerprint density at radius 3 is 1.21 bits per heavy atom. The lowest BCUT2D eigenvalue weighted by Crippen LogP contribution is -1.92. The van der Waals surface area contributed by atoms with Gasteiger partial charge in [-0.3, -0.25) is 0 Å². The third-order valence-electron chi connectivity index (χ3n) is 5.21. The zero-order valence-electron chi connectivity index (χ0n) is 17.2. The first-order valence-corrected chi connectivity index (χ1v) is 11.3. The molecule has 0 aromatic heterocycles. The summed E-state index contributed by atoms with van der Waals surface area (Å²) in [5.41, 5.74) is 0. The molecule has 0 fully saturated rings. The highest BCUT2D eigenvalue weighted by atomic mass is 14.1. The molecule has 1 radical (unpaired) electrons. The number of rotatable bonds is 20. The van der Waals surface area contributed by atoms with E-state index in [-0.39, 0.29) is 0 Å². The van der Waals surface area contributed by atoms with Crippen LogP contribution < -0.4 is 0 Å². The molecule has 0 amide bonds. The lowest BCUT2D eigenvalue weighted by molar-refractivity contribution is 0.527. The van der Waals surface area contributed by atoms with Crippen LogP contribution in [0, 0.1) is 5.92 Å². The van der Waals surface area contributed by atoms with Gasteiger partial charge in [-0.05, 0) is 18.8 Å². The van der Waals surface area contributed by atoms with E-state index in [1.807, 2.05) is 0 Å². The molecule has 0 aromatic rings. The van der Waals surface area contributed by atoms with Crippen molar-refractivity contribution in [3.05, 3.63) is 18.6 Å². The van der Waals surface area contributed by atoms with E-state index < -0.39 is 0 Å². The number of hydrogen-bond donors (Lipinski definition) is 0. The van der Waals surface area contributed by atoms with Gasteiger partial charge in [0.05, 0.1) is 0 Å². The Kier molecular flexibility index (Phi) is 20.6. The standard InChI is InChI=1S/C24H47/c1-4-7-8-9-10-11-12-13-14-15-16-17-18-19-20-21-23-24(6-3)22-5-2/h6H,3-5,7-23H2,1-2H3. The molecule has 0 aliphatic heterocycles. The van der Waals surface area contributed by atoms with Crippen molar-refractivity contribution in [3.8, 4) is 0 Å². The largest absolute Gasteiger partial charge is 0.102 e. The molecule has 0 heterocycles. The molecule has 0 saturated heterocycles. The van der Waals surface area contributed by atoms with E-state index in [0.29, 0.717) is 0 Å². The second-order valence-corrected chi connectivity index (χ2v) is 7.67. The molecule has 0 N–H and O–H groups in total. The summed E-state index contributed by atoms with van der Waals surface area (Å²) in [5.74, 6) is 1.57. The Morgan fingerprint density at radius 1 is 0.500 bits per heavy atom. The van der Waals surface area contributed by atoms with Gasteiger partial charge >= 0.3 is 0 Å². The van der Waals surface area contributed by atoms with Crippen molar-refractivity contribution >= 4 is 0 Å². The van der Waals surface area contributed by atoms with Crippen molar-refractivity contribution < 1.29 is 0 Å². The predicted octanol–water partition coefficient (Wildman–Crippen LogP) is 9.20. The van der Waals surface area contributed by atoms with Gasteiger partial charge in [0.2, 0.25) is 0 Å². The molecular formula is C24H47. The summed E-state index contributed by atoms with van der Waals surface area (Å²) in [6, 6.07) is 0. The molecule has 0 unspecified atom stereocenters. The fourth-order valence-corrected chi connectivity index (χ4v) is 3.55. The van der Waals surface area contributed by atoms with Crippen LogP contribution in [-0.4, -0.2) is 0 Å². The Morgan fingerprint density at radius 2 is 0.875 bits per heavy atom. The molecule has 0 nitrogen and oxygen atoms in total. The maximum atomic E-state index is 3.93. The molecule has 0 bridgehead atoms. The molecule has 143 valence electrons. The average molecular weight is 336 g/mol. The second-order valence-electron chi connectivity index (χ2n) is 7.67. The Bertz CT molecular complexity index is 230. The molecule has 24 heavy (non-hydrogen) atoms. The quantitative estimate of drug-likeness (QED) is 0.194. The van der Waals surface area contributed by atoms with Crippen LogP contribution in [0.4, 0.5) is 0 Å². The lowest BCUT2D eigenvalue weighted by atomic mass is 9.96. The summed E-state index contributed by atoms with van der Waals surface area (Å²) >= 11 is 0. The second kappa shape index (κ2) is 20.8. The highest BCUT2D eigenvalue weighted by molar-refractivity contribution is 5.05. The summed E-state index contributed by atoms with van der Waals surface area (Å²) in [7, 11) is 0. The predicted molar refractivity (Wildman–Crippen MR) is 113 cm³/mol. The maximum absolute atomic E-state index is 3.93. The van der Waals surface area contributed by atoms with E-state index in [9.17, 15) is 0 Å². The van der Waals surface area contributed by atoms with Gasteiger partial charge in [0.25, 0.3) is 0 Å². The van der Waals surface area contributed by atoms with E-state index in [4.69, 9.17) is 0 Å². The molecule has 0 atom stereocenters. The van der Waals surface area contributed by atoms with Crippen molar-refractivity contribution in [3.63, 3.8) is 0 Å². The lowest BCUT2D eigenvalue weighted by Gasteiger charge is -2.09. The minimum atomic E-state index is 1.25. The summed E-state index contributed by atoms with van der Waals surface area (Å²) in [6.45, 7) is 8.49. The Hall–Kier alpha value is -0.260. The average Bonchev–Trinajstić information content (AvgIpc) is 2.60. The van der Waals surface area contributed by atoms with Crippen molar-refractivity contribution in [1.29, 1.82) is 0 Å². The number of unbranched alkanes of at least 4 members (excludes halogenated alkanes) is 15. The van der Waals surface area contributed by atoms with Gasteiger partial charge in [-0.2, -0.15) is 0 Å². The van der Waals surface area contributed by atoms with Crippen LogP contribution >= 0.6 is 0 Å². The van der Waals surface area contributed by atoms with Crippen LogP contribution in [0.3, 0.4) is 0 Å². The zero-order chi connectivity index (χ0) is 17.7. The summed E-state index contributed by atoms with van der Waals surface area (Å²) in [6.07, 6.45) is 29.1. The van der Waals surface area contributed by atoms with Crippen molar-refractivity contribution in [2.24, 2.45) is 0 Å². The fraction of sp³-hybridized carbons (Fsp3) is 0.875. The number of hydrogen-bond acceptors (Lipinski definition) is 0. The molecule has 0 rings (SSSR count). The van der Waals surface area contributed by atoms with E-state index >= 15 is 0 Å². The zero-order valence-corrected chi connectivity index (χ0v) is 17.2. The minimum absolute atomic E-state index is 1.25. The fourth-order valence-electron chi connectivity index (χ4n) is 3.55. The normalized spacial score (nSPS) is 11.3. The maximum Gasteiger partial charge on any atom is -0.00302 e. The topological polar surface area (TPSA) is 0 Å². The summed E-state index contributed by atoms with van der Waals surface area (Å²) < 4.78 is 0. The molecule has 0 heteroatoms. The summed E-state index contributed by atoms with van der Waals surface area (Å²) in [5, 5.41) is 0. The van der Waals surface area contributed by atoms with E-state index in [1.54, 1.807) is 5.92 Å². The van der Waals surface area contributed by atoms with Gasteiger partial charge in [0.1, 0.15) is 0 Å². The number of allylic oxidation sites excluding steroid dienone is 1. The first-order chi connectivity index (χ1) is 11.8. The molecule has 0 saturated carbocycles. The smallest absolute Gasteiger partial charge is 0.00302 e. The van der Waals surface area contributed by atoms with Gasteiger partial charge in [0, 0.05) is 0 Å². The van der Waals surface area contributed by atoms with Gasteiger partial charge in [-0.1, -0.05) is 129 Å². The van der Waals surface area contributed by atoms with E-state index in [1.165, 1.54) is 122 Å². The third-order valence-corrected chi connectivity index (χ3v) is 5.21. The van der Waals surface area contributed by atoms with Crippen LogP contribution in [0.25, 0.3) is 0 Å². The monoisotopic (exact) mass is 335 g/mol. The molecule has 0 spiro atoms.